The van der Waals surface area contributed by atoms with Crippen LogP contribution < -0.4 is 10.6 Å². The molecule has 0 fully saturated rings. The van der Waals surface area contributed by atoms with E-state index in [0.29, 0.717) is 0 Å². The fourth-order valence-corrected chi connectivity index (χ4v) is 1.14. The molecule has 2 atom stereocenters. The van der Waals surface area contributed by atoms with Gasteiger partial charge < -0.3 is 10.4 Å². The number of nitrogens with one attached hydrogen (secondary N) is 2. The lowest BCUT2D eigenvalue weighted by Gasteiger charge is -2.10. The van der Waals surface area contributed by atoms with E-state index in [-0.39, 0.29) is 18.8 Å². The molecule has 2 unspecified atom stereocenters. The average Bonchev–Trinajstić information content (AvgIpc) is 2.14. The first-order valence-corrected chi connectivity index (χ1v) is 5.13. The SMILES string of the molecule is C#CC(C)NC(=O)NC(=O)CC(C)CC(=O)O. The number of carbonyl (C=O) groups is 3. The van der Waals surface area contributed by atoms with Crippen molar-refractivity contribution in [3.05, 3.63) is 0 Å². The zero-order valence-corrected chi connectivity index (χ0v) is 9.82. The molecule has 0 aromatic rings. The molecule has 3 N–H and O–H groups in total. The molecule has 0 spiro atoms. The van der Waals surface area contributed by atoms with E-state index in [1.807, 2.05) is 0 Å². The fraction of sp³-hybridized carbons (Fsp3) is 0.545. The summed E-state index contributed by atoms with van der Waals surface area (Å²) in [4.78, 5) is 32.8. The van der Waals surface area contributed by atoms with Crippen LogP contribution in [0.4, 0.5) is 4.79 Å². The molecule has 3 amide bonds. The highest BCUT2D eigenvalue weighted by Crippen LogP contribution is 2.06. The van der Waals surface area contributed by atoms with E-state index >= 15 is 0 Å². The molecule has 0 aromatic carbocycles. The van der Waals surface area contributed by atoms with E-state index in [2.05, 4.69) is 16.6 Å². The third-order valence-electron chi connectivity index (χ3n) is 1.91. The van der Waals surface area contributed by atoms with E-state index < -0.39 is 23.9 Å². The molecule has 0 saturated heterocycles. The van der Waals surface area contributed by atoms with Crippen LogP contribution in [0.2, 0.25) is 0 Å². The van der Waals surface area contributed by atoms with Crippen LogP contribution in [0.15, 0.2) is 0 Å². The molecule has 0 aliphatic heterocycles. The van der Waals surface area contributed by atoms with Gasteiger partial charge in [-0.25, -0.2) is 4.79 Å². The number of carboxylic acid groups (broad SMARTS) is 1. The minimum Gasteiger partial charge on any atom is -0.481 e. The summed E-state index contributed by atoms with van der Waals surface area (Å²) in [6.45, 7) is 3.22. The summed E-state index contributed by atoms with van der Waals surface area (Å²) in [7, 11) is 0. The number of carbonyl (C=O) groups excluding carboxylic acids is 2. The van der Waals surface area contributed by atoms with Crippen molar-refractivity contribution in [2.45, 2.75) is 32.7 Å². The zero-order valence-electron chi connectivity index (χ0n) is 9.82. The van der Waals surface area contributed by atoms with E-state index in [9.17, 15) is 14.4 Å². The Kier molecular flexibility index (Phi) is 6.41. The molecule has 0 heterocycles. The summed E-state index contributed by atoms with van der Waals surface area (Å²) in [6, 6.07) is -1.15. The van der Waals surface area contributed by atoms with Gasteiger partial charge in [-0.2, -0.15) is 0 Å². The highest BCUT2D eigenvalue weighted by molar-refractivity contribution is 5.94. The first-order chi connectivity index (χ1) is 7.85. The maximum Gasteiger partial charge on any atom is 0.322 e. The third kappa shape index (κ3) is 7.85. The largest absolute Gasteiger partial charge is 0.481 e. The Morgan fingerprint density at radius 2 is 1.88 bits per heavy atom. The van der Waals surface area contributed by atoms with Gasteiger partial charge >= 0.3 is 12.0 Å². The van der Waals surface area contributed by atoms with Gasteiger partial charge in [0.25, 0.3) is 0 Å². The highest BCUT2D eigenvalue weighted by Gasteiger charge is 2.15. The van der Waals surface area contributed by atoms with Crippen LogP contribution in [0.3, 0.4) is 0 Å². The van der Waals surface area contributed by atoms with E-state index in [1.54, 1.807) is 13.8 Å². The average molecular weight is 240 g/mol. The van der Waals surface area contributed by atoms with Crippen molar-refractivity contribution >= 4 is 17.9 Å². The van der Waals surface area contributed by atoms with Gasteiger partial charge in [0, 0.05) is 12.8 Å². The maximum atomic E-state index is 11.3. The third-order valence-corrected chi connectivity index (χ3v) is 1.91. The van der Waals surface area contributed by atoms with Gasteiger partial charge in [0.2, 0.25) is 5.91 Å². The summed E-state index contributed by atoms with van der Waals surface area (Å²) < 4.78 is 0. The first-order valence-electron chi connectivity index (χ1n) is 5.13. The summed E-state index contributed by atoms with van der Waals surface area (Å²) in [5.74, 6) is 0.443. The summed E-state index contributed by atoms with van der Waals surface area (Å²) >= 11 is 0. The number of imide groups is 1. The summed E-state index contributed by atoms with van der Waals surface area (Å²) in [6.07, 6.45) is 4.91. The number of rotatable bonds is 5. The lowest BCUT2D eigenvalue weighted by molar-refractivity contribution is -0.138. The minimum atomic E-state index is -0.976. The van der Waals surface area contributed by atoms with Gasteiger partial charge in [0.15, 0.2) is 0 Å². The van der Waals surface area contributed by atoms with E-state index in [0.717, 1.165) is 0 Å². The molecule has 0 bridgehead atoms. The molecule has 0 radical (unpaired) electrons. The van der Waals surface area contributed by atoms with Crippen molar-refractivity contribution in [1.29, 1.82) is 0 Å². The lowest BCUT2D eigenvalue weighted by atomic mass is 10.0. The van der Waals surface area contributed by atoms with Gasteiger partial charge in [-0.05, 0) is 12.8 Å². The van der Waals surface area contributed by atoms with Crippen molar-refractivity contribution in [1.82, 2.24) is 10.6 Å². The van der Waals surface area contributed by atoms with Crippen LogP contribution in [0, 0.1) is 18.3 Å². The Labute approximate surface area is 99.8 Å². The van der Waals surface area contributed by atoms with Crippen molar-refractivity contribution in [2.75, 3.05) is 0 Å². The standard InChI is InChI=1S/C11H16N2O4/c1-4-8(3)12-11(17)13-9(14)5-7(2)6-10(15)16/h1,7-8H,5-6H2,2-3H3,(H,15,16)(H2,12,13,14,17). The Bertz CT molecular complexity index is 346. The normalized spacial score (nSPS) is 13.0. The smallest absolute Gasteiger partial charge is 0.322 e. The van der Waals surface area contributed by atoms with Gasteiger partial charge in [-0.15, -0.1) is 6.42 Å². The molecular formula is C11H16N2O4. The topological polar surface area (TPSA) is 95.5 Å². The second-order valence-electron chi connectivity index (χ2n) is 3.82. The predicted molar refractivity (Wildman–Crippen MR) is 61.0 cm³/mol. The van der Waals surface area contributed by atoms with Gasteiger partial charge in [-0.3, -0.25) is 14.9 Å². The van der Waals surface area contributed by atoms with Crippen LogP contribution in [-0.4, -0.2) is 29.1 Å². The number of aliphatic carboxylic acids is 1. The Balaban J connectivity index is 3.98. The highest BCUT2D eigenvalue weighted by atomic mass is 16.4. The first kappa shape index (κ1) is 15.0. The van der Waals surface area contributed by atoms with Crippen LogP contribution in [0.1, 0.15) is 26.7 Å². The maximum absolute atomic E-state index is 11.3. The molecule has 0 aliphatic rings. The number of amides is 3. The Morgan fingerprint density at radius 3 is 2.35 bits per heavy atom. The number of carboxylic acids is 1. The van der Waals surface area contributed by atoms with Crippen molar-refractivity contribution in [3.63, 3.8) is 0 Å². The van der Waals surface area contributed by atoms with Crippen LogP contribution in [-0.2, 0) is 9.59 Å². The van der Waals surface area contributed by atoms with Crippen LogP contribution >= 0.6 is 0 Å². The number of terminal acetylenes is 1. The molecule has 0 aromatic heterocycles. The molecule has 0 aliphatic carbocycles. The quantitative estimate of drug-likeness (QED) is 0.603. The van der Waals surface area contributed by atoms with E-state index in [4.69, 9.17) is 11.5 Å². The molecule has 6 nitrogen and oxygen atoms in total. The predicted octanol–water partition coefficient (Wildman–Crippen LogP) is 0.335. The number of hydrogen-bond acceptors (Lipinski definition) is 3. The molecule has 0 saturated carbocycles. The second kappa shape index (κ2) is 7.28. The van der Waals surface area contributed by atoms with Gasteiger partial charge in [0.1, 0.15) is 0 Å². The van der Waals surface area contributed by atoms with Crippen molar-refractivity contribution in [3.8, 4) is 12.3 Å². The molecule has 6 heteroatoms. The molecular weight excluding hydrogens is 224 g/mol. The monoisotopic (exact) mass is 240 g/mol. The minimum absolute atomic E-state index is 0.0237. The molecule has 17 heavy (non-hydrogen) atoms. The lowest BCUT2D eigenvalue weighted by Crippen LogP contribution is -2.43. The number of hydrogen-bond donors (Lipinski definition) is 3. The summed E-state index contributed by atoms with van der Waals surface area (Å²) in [5.41, 5.74) is 0. The Hall–Kier alpha value is -2.03. The van der Waals surface area contributed by atoms with Crippen LogP contribution in [0.5, 0.6) is 0 Å². The van der Waals surface area contributed by atoms with Crippen molar-refractivity contribution < 1.29 is 19.5 Å². The zero-order chi connectivity index (χ0) is 13.4. The molecule has 0 rings (SSSR count). The van der Waals surface area contributed by atoms with Gasteiger partial charge in [-0.1, -0.05) is 12.8 Å². The number of urea groups is 1. The van der Waals surface area contributed by atoms with E-state index in [1.165, 1.54) is 0 Å². The van der Waals surface area contributed by atoms with Crippen molar-refractivity contribution in [2.24, 2.45) is 5.92 Å². The molecule has 94 valence electrons. The van der Waals surface area contributed by atoms with Crippen LogP contribution in [0.25, 0.3) is 0 Å². The van der Waals surface area contributed by atoms with Gasteiger partial charge in [0.05, 0.1) is 6.04 Å². The summed E-state index contributed by atoms with van der Waals surface area (Å²) in [5, 5.41) is 12.9. The second-order valence-corrected chi connectivity index (χ2v) is 3.82. The fourth-order valence-electron chi connectivity index (χ4n) is 1.14. The Morgan fingerprint density at radius 1 is 1.29 bits per heavy atom.